The molecule has 2 aliphatic heterocycles. The summed E-state index contributed by atoms with van der Waals surface area (Å²) in [5.41, 5.74) is 0. The predicted molar refractivity (Wildman–Crippen MR) is 50.1 cm³/mol. The summed E-state index contributed by atoms with van der Waals surface area (Å²) in [6, 6.07) is 0.846. The van der Waals surface area contributed by atoms with E-state index in [4.69, 9.17) is 0 Å². The van der Waals surface area contributed by atoms with Gasteiger partial charge in [0.15, 0.2) is 0 Å². The third kappa shape index (κ3) is 1.97. The Balaban J connectivity index is 1.80. The van der Waals surface area contributed by atoms with Gasteiger partial charge in [-0.15, -0.1) is 0 Å². The first-order valence-corrected chi connectivity index (χ1v) is 5.12. The van der Waals surface area contributed by atoms with Crippen molar-refractivity contribution in [3.63, 3.8) is 0 Å². The van der Waals surface area contributed by atoms with Crippen molar-refractivity contribution in [1.82, 2.24) is 15.5 Å². The van der Waals surface area contributed by atoms with Crippen LogP contribution in [0.3, 0.4) is 0 Å². The molecule has 0 radical (unpaired) electrons. The number of hydrogen-bond acceptors (Lipinski definition) is 3. The van der Waals surface area contributed by atoms with Gasteiger partial charge in [0, 0.05) is 19.3 Å². The number of piperidine rings is 1. The standard InChI is InChI=1S/C9H19N3/c1-4-11-8-12(7-1)9-2-5-10-6-3-9/h9-11H,1-8H2. The smallest absolute Gasteiger partial charge is 0.0483 e. The highest BCUT2D eigenvalue weighted by Crippen LogP contribution is 2.12. The van der Waals surface area contributed by atoms with Crippen molar-refractivity contribution in [3.05, 3.63) is 0 Å². The van der Waals surface area contributed by atoms with Crippen LogP contribution in [0.1, 0.15) is 19.3 Å². The average Bonchev–Trinajstić information content (AvgIpc) is 2.21. The van der Waals surface area contributed by atoms with Crippen molar-refractivity contribution >= 4 is 0 Å². The van der Waals surface area contributed by atoms with Crippen molar-refractivity contribution in [2.45, 2.75) is 25.3 Å². The molecule has 0 aromatic heterocycles. The van der Waals surface area contributed by atoms with Crippen LogP contribution in [0.4, 0.5) is 0 Å². The van der Waals surface area contributed by atoms with Crippen molar-refractivity contribution in [3.8, 4) is 0 Å². The van der Waals surface area contributed by atoms with Gasteiger partial charge < -0.3 is 10.6 Å². The van der Waals surface area contributed by atoms with Gasteiger partial charge in [0.1, 0.15) is 0 Å². The Morgan fingerprint density at radius 2 is 1.83 bits per heavy atom. The Morgan fingerprint density at radius 3 is 2.50 bits per heavy atom. The molecule has 0 aromatic carbocycles. The summed E-state index contributed by atoms with van der Waals surface area (Å²) in [6.07, 6.45) is 3.99. The average molecular weight is 169 g/mol. The molecule has 3 nitrogen and oxygen atoms in total. The van der Waals surface area contributed by atoms with Gasteiger partial charge in [0.2, 0.25) is 0 Å². The lowest BCUT2D eigenvalue weighted by Gasteiger charge is -2.37. The highest BCUT2D eigenvalue weighted by atomic mass is 15.3. The molecular formula is C9H19N3. The summed E-state index contributed by atoms with van der Waals surface area (Å²) >= 11 is 0. The number of nitrogens with one attached hydrogen (secondary N) is 2. The molecule has 0 atom stereocenters. The van der Waals surface area contributed by atoms with Crippen LogP contribution in [-0.2, 0) is 0 Å². The summed E-state index contributed by atoms with van der Waals surface area (Å²) < 4.78 is 0. The molecule has 2 aliphatic rings. The second kappa shape index (κ2) is 4.21. The van der Waals surface area contributed by atoms with E-state index in [0.717, 1.165) is 12.7 Å². The maximum Gasteiger partial charge on any atom is 0.0483 e. The molecule has 2 N–H and O–H groups in total. The second-order valence-electron chi connectivity index (χ2n) is 3.81. The molecule has 0 aromatic rings. The molecule has 70 valence electrons. The molecule has 0 saturated carbocycles. The van der Waals surface area contributed by atoms with Crippen LogP contribution in [0, 0.1) is 0 Å². The summed E-state index contributed by atoms with van der Waals surface area (Å²) in [4.78, 5) is 2.60. The maximum atomic E-state index is 3.44. The van der Waals surface area contributed by atoms with E-state index in [-0.39, 0.29) is 0 Å². The fourth-order valence-electron chi connectivity index (χ4n) is 2.19. The Bertz CT molecular complexity index is 110. The normalized spacial score (nSPS) is 29.0. The van der Waals surface area contributed by atoms with Crippen LogP contribution >= 0.6 is 0 Å². The van der Waals surface area contributed by atoms with Crippen LogP contribution in [0.15, 0.2) is 0 Å². The topological polar surface area (TPSA) is 27.3 Å². The monoisotopic (exact) mass is 169 g/mol. The summed E-state index contributed by atoms with van der Waals surface area (Å²) in [6.45, 7) is 6.05. The molecule has 2 heterocycles. The van der Waals surface area contributed by atoms with Crippen LogP contribution in [-0.4, -0.2) is 43.8 Å². The van der Waals surface area contributed by atoms with Crippen molar-refractivity contribution in [2.24, 2.45) is 0 Å². The van der Waals surface area contributed by atoms with Gasteiger partial charge in [-0.25, -0.2) is 0 Å². The van der Waals surface area contributed by atoms with E-state index >= 15 is 0 Å². The van der Waals surface area contributed by atoms with Gasteiger partial charge in [-0.1, -0.05) is 0 Å². The number of rotatable bonds is 1. The molecule has 0 aliphatic carbocycles. The molecule has 2 rings (SSSR count). The maximum absolute atomic E-state index is 3.44. The van der Waals surface area contributed by atoms with E-state index in [2.05, 4.69) is 15.5 Å². The molecule has 0 spiro atoms. The SMILES string of the molecule is C1CNCN(C2CCNCC2)C1. The lowest BCUT2D eigenvalue weighted by molar-refractivity contribution is 0.127. The highest BCUT2D eigenvalue weighted by Gasteiger charge is 2.21. The summed E-state index contributed by atoms with van der Waals surface area (Å²) in [5, 5.41) is 6.84. The lowest BCUT2D eigenvalue weighted by Crippen LogP contribution is -2.50. The Labute approximate surface area is 74.5 Å². The molecule has 0 unspecified atom stereocenters. The zero-order valence-corrected chi connectivity index (χ0v) is 7.68. The number of nitrogens with zero attached hydrogens (tertiary/aromatic N) is 1. The van der Waals surface area contributed by atoms with Crippen LogP contribution in [0.25, 0.3) is 0 Å². The minimum atomic E-state index is 0.846. The zero-order chi connectivity index (χ0) is 8.23. The van der Waals surface area contributed by atoms with Crippen molar-refractivity contribution in [1.29, 1.82) is 0 Å². The first-order chi connectivity index (χ1) is 5.97. The minimum Gasteiger partial charge on any atom is -0.317 e. The molecule has 0 amide bonds. The predicted octanol–water partition coefficient (Wildman–Crippen LogP) is -0.00880. The fraction of sp³-hybridized carbons (Fsp3) is 1.00. The van der Waals surface area contributed by atoms with Gasteiger partial charge in [0.25, 0.3) is 0 Å². The van der Waals surface area contributed by atoms with E-state index in [1.54, 1.807) is 0 Å². The van der Waals surface area contributed by atoms with Gasteiger partial charge in [-0.05, 0) is 38.9 Å². The van der Waals surface area contributed by atoms with Crippen molar-refractivity contribution < 1.29 is 0 Å². The fourth-order valence-corrected chi connectivity index (χ4v) is 2.19. The van der Waals surface area contributed by atoms with E-state index in [1.165, 1.54) is 45.4 Å². The van der Waals surface area contributed by atoms with Gasteiger partial charge >= 0.3 is 0 Å². The van der Waals surface area contributed by atoms with Gasteiger partial charge in [0.05, 0.1) is 0 Å². The first kappa shape index (κ1) is 8.48. The first-order valence-electron chi connectivity index (χ1n) is 5.12. The van der Waals surface area contributed by atoms with E-state index in [0.29, 0.717) is 0 Å². The Hall–Kier alpha value is -0.120. The van der Waals surface area contributed by atoms with Gasteiger partial charge in [-0.3, -0.25) is 4.90 Å². The van der Waals surface area contributed by atoms with Gasteiger partial charge in [-0.2, -0.15) is 0 Å². The zero-order valence-electron chi connectivity index (χ0n) is 7.68. The summed E-state index contributed by atoms with van der Waals surface area (Å²) in [7, 11) is 0. The van der Waals surface area contributed by atoms with E-state index in [1.807, 2.05) is 0 Å². The Morgan fingerprint density at radius 1 is 1.00 bits per heavy atom. The molecular weight excluding hydrogens is 150 g/mol. The van der Waals surface area contributed by atoms with E-state index < -0.39 is 0 Å². The summed E-state index contributed by atoms with van der Waals surface area (Å²) in [5.74, 6) is 0. The Kier molecular flexibility index (Phi) is 2.98. The third-order valence-electron chi connectivity index (χ3n) is 2.94. The van der Waals surface area contributed by atoms with Crippen LogP contribution < -0.4 is 10.6 Å². The highest BCUT2D eigenvalue weighted by molar-refractivity contribution is 4.79. The largest absolute Gasteiger partial charge is 0.317 e. The third-order valence-corrected chi connectivity index (χ3v) is 2.94. The molecule has 12 heavy (non-hydrogen) atoms. The molecule has 0 bridgehead atoms. The second-order valence-corrected chi connectivity index (χ2v) is 3.81. The minimum absolute atomic E-state index is 0.846. The molecule has 2 fully saturated rings. The van der Waals surface area contributed by atoms with Crippen LogP contribution in [0.2, 0.25) is 0 Å². The molecule has 2 saturated heterocycles. The van der Waals surface area contributed by atoms with Crippen LogP contribution in [0.5, 0.6) is 0 Å². The number of hydrogen-bond donors (Lipinski definition) is 2. The lowest BCUT2D eigenvalue weighted by atomic mass is 10.0. The molecule has 3 heteroatoms. The quantitative estimate of drug-likeness (QED) is 0.578. The van der Waals surface area contributed by atoms with Crippen molar-refractivity contribution in [2.75, 3.05) is 32.8 Å². The van der Waals surface area contributed by atoms with E-state index in [9.17, 15) is 0 Å².